The van der Waals surface area contributed by atoms with E-state index in [1.165, 1.54) is 0 Å². The first-order chi connectivity index (χ1) is 11.9. The SMILES string of the molecule is Cc1ccccc1NC(=O)C(C)Nc1ccc2c(c1)NC(=O)C(C)O2. The maximum Gasteiger partial charge on any atom is 0.265 e. The van der Waals surface area contributed by atoms with Gasteiger partial charge in [0.1, 0.15) is 11.8 Å². The molecule has 1 aliphatic rings. The molecule has 0 bridgehead atoms. The Morgan fingerprint density at radius 2 is 2.00 bits per heavy atom. The Kier molecular flexibility index (Phi) is 4.61. The minimum absolute atomic E-state index is 0.138. The first-order valence-electron chi connectivity index (χ1n) is 8.18. The maximum absolute atomic E-state index is 12.4. The Morgan fingerprint density at radius 3 is 2.76 bits per heavy atom. The van der Waals surface area contributed by atoms with E-state index < -0.39 is 12.1 Å². The van der Waals surface area contributed by atoms with Gasteiger partial charge in [0.15, 0.2) is 6.10 Å². The summed E-state index contributed by atoms with van der Waals surface area (Å²) in [5.74, 6) is 0.297. The van der Waals surface area contributed by atoms with Gasteiger partial charge in [0, 0.05) is 11.4 Å². The maximum atomic E-state index is 12.4. The fourth-order valence-corrected chi connectivity index (χ4v) is 2.57. The van der Waals surface area contributed by atoms with Gasteiger partial charge in [-0.15, -0.1) is 0 Å². The van der Waals surface area contributed by atoms with Crippen LogP contribution in [0.4, 0.5) is 17.1 Å². The third-order valence-electron chi connectivity index (χ3n) is 4.09. The molecular weight excluding hydrogens is 318 g/mol. The van der Waals surface area contributed by atoms with Crippen molar-refractivity contribution in [1.82, 2.24) is 0 Å². The Bertz CT molecular complexity index is 819. The molecular formula is C19H21N3O3. The highest BCUT2D eigenvalue weighted by molar-refractivity contribution is 5.99. The number of nitrogens with one attached hydrogen (secondary N) is 3. The molecule has 6 nitrogen and oxygen atoms in total. The molecule has 0 fully saturated rings. The molecule has 3 N–H and O–H groups in total. The third-order valence-corrected chi connectivity index (χ3v) is 4.09. The average Bonchev–Trinajstić information content (AvgIpc) is 2.58. The van der Waals surface area contributed by atoms with Crippen molar-refractivity contribution in [2.75, 3.05) is 16.0 Å². The smallest absolute Gasteiger partial charge is 0.265 e. The molecule has 2 amide bonds. The van der Waals surface area contributed by atoms with E-state index in [1.54, 1.807) is 26.0 Å². The number of benzene rings is 2. The number of para-hydroxylation sites is 1. The van der Waals surface area contributed by atoms with Crippen LogP contribution in [0.2, 0.25) is 0 Å². The molecule has 1 aliphatic heterocycles. The van der Waals surface area contributed by atoms with Crippen molar-refractivity contribution < 1.29 is 14.3 Å². The lowest BCUT2D eigenvalue weighted by molar-refractivity contribution is -0.122. The second kappa shape index (κ2) is 6.84. The number of amides is 2. The highest BCUT2D eigenvalue weighted by Gasteiger charge is 2.24. The number of hydrogen-bond donors (Lipinski definition) is 3. The van der Waals surface area contributed by atoms with Gasteiger partial charge in [0.2, 0.25) is 5.91 Å². The molecule has 0 saturated heterocycles. The molecule has 1 heterocycles. The summed E-state index contributed by atoms with van der Waals surface area (Å²) >= 11 is 0. The molecule has 2 aromatic carbocycles. The lowest BCUT2D eigenvalue weighted by atomic mass is 10.1. The van der Waals surface area contributed by atoms with E-state index in [4.69, 9.17) is 4.74 Å². The van der Waals surface area contributed by atoms with E-state index in [1.807, 2.05) is 37.3 Å². The normalized spacial score (nSPS) is 16.9. The van der Waals surface area contributed by atoms with Crippen LogP contribution >= 0.6 is 0 Å². The zero-order valence-corrected chi connectivity index (χ0v) is 14.4. The summed E-state index contributed by atoms with van der Waals surface area (Å²) in [5.41, 5.74) is 3.12. The predicted molar refractivity (Wildman–Crippen MR) is 98.1 cm³/mol. The number of ether oxygens (including phenoxy) is 1. The summed E-state index contributed by atoms with van der Waals surface area (Å²) in [7, 11) is 0. The van der Waals surface area contributed by atoms with E-state index >= 15 is 0 Å². The molecule has 0 aromatic heterocycles. The first kappa shape index (κ1) is 16.8. The number of carbonyl (C=O) groups is 2. The Morgan fingerprint density at radius 1 is 1.24 bits per heavy atom. The van der Waals surface area contributed by atoms with Crippen molar-refractivity contribution in [2.45, 2.75) is 32.9 Å². The topological polar surface area (TPSA) is 79.5 Å². The highest BCUT2D eigenvalue weighted by Crippen LogP contribution is 2.32. The summed E-state index contributed by atoms with van der Waals surface area (Å²) < 4.78 is 5.52. The van der Waals surface area contributed by atoms with Gasteiger partial charge in [0.05, 0.1) is 5.69 Å². The minimum Gasteiger partial charge on any atom is -0.479 e. The molecule has 130 valence electrons. The Hall–Kier alpha value is -3.02. The summed E-state index contributed by atoms with van der Waals surface area (Å²) in [6.07, 6.45) is -0.509. The van der Waals surface area contributed by atoms with Gasteiger partial charge in [-0.05, 0) is 50.6 Å². The molecule has 3 rings (SSSR count). The molecule has 0 radical (unpaired) electrons. The zero-order chi connectivity index (χ0) is 18.0. The molecule has 2 atom stereocenters. The molecule has 0 aliphatic carbocycles. The molecule has 2 unspecified atom stereocenters. The van der Waals surface area contributed by atoms with Gasteiger partial charge >= 0.3 is 0 Å². The largest absolute Gasteiger partial charge is 0.479 e. The number of rotatable bonds is 4. The summed E-state index contributed by atoms with van der Waals surface area (Å²) in [5, 5.41) is 8.84. The number of hydrogen-bond acceptors (Lipinski definition) is 4. The van der Waals surface area contributed by atoms with Crippen molar-refractivity contribution in [3.63, 3.8) is 0 Å². The van der Waals surface area contributed by atoms with Gasteiger partial charge in [-0.1, -0.05) is 18.2 Å². The molecule has 2 aromatic rings. The quantitative estimate of drug-likeness (QED) is 0.799. The van der Waals surface area contributed by atoms with Crippen molar-refractivity contribution >= 4 is 28.9 Å². The van der Waals surface area contributed by atoms with Gasteiger partial charge in [-0.3, -0.25) is 9.59 Å². The van der Waals surface area contributed by atoms with Gasteiger partial charge in [-0.25, -0.2) is 0 Å². The molecule has 0 spiro atoms. The second-order valence-corrected chi connectivity index (χ2v) is 6.13. The van der Waals surface area contributed by atoms with Gasteiger partial charge in [0.25, 0.3) is 5.91 Å². The minimum atomic E-state index is -0.509. The Labute approximate surface area is 146 Å². The fraction of sp³-hybridized carbons (Fsp3) is 0.263. The zero-order valence-electron chi connectivity index (χ0n) is 14.4. The summed E-state index contributed by atoms with van der Waals surface area (Å²) in [6, 6.07) is 12.5. The summed E-state index contributed by atoms with van der Waals surface area (Å²) in [4.78, 5) is 24.1. The van der Waals surface area contributed by atoms with Crippen molar-refractivity contribution in [3.05, 3.63) is 48.0 Å². The van der Waals surface area contributed by atoms with Crippen molar-refractivity contribution in [1.29, 1.82) is 0 Å². The van der Waals surface area contributed by atoms with Crippen LogP contribution in [0.3, 0.4) is 0 Å². The Balaban J connectivity index is 1.68. The van der Waals surface area contributed by atoms with Crippen molar-refractivity contribution in [3.8, 4) is 5.75 Å². The van der Waals surface area contributed by atoms with E-state index in [-0.39, 0.29) is 11.8 Å². The monoisotopic (exact) mass is 339 g/mol. The van der Waals surface area contributed by atoms with Gasteiger partial charge < -0.3 is 20.7 Å². The van der Waals surface area contributed by atoms with Crippen LogP contribution < -0.4 is 20.7 Å². The van der Waals surface area contributed by atoms with Crippen LogP contribution in [0, 0.1) is 6.92 Å². The van der Waals surface area contributed by atoms with Crippen molar-refractivity contribution in [2.24, 2.45) is 0 Å². The molecule has 6 heteroatoms. The molecule has 0 saturated carbocycles. The average molecular weight is 339 g/mol. The van der Waals surface area contributed by atoms with Crippen LogP contribution in [0.1, 0.15) is 19.4 Å². The van der Waals surface area contributed by atoms with E-state index in [0.717, 1.165) is 16.9 Å². The highest BCUT2D eigenvalue weighted by atomic mass is 16.5. The van der Waals surface area contributed by atoms with Crippen LogP contribution in [-0.4, -0.2) is 24.0 Å². The third kappa shape index (κ3) is 3.74. The lowest BCUT2D eigenvalue weighted by Crippen LogP contribution is -2.34. The lowest BCUT2D eigenvalue weighted by Gasteiger charge is -2.24. The van der Waals surface area contributed by atoms with Crippen LogP contribution in [0.5, 0.6) is 5.75 Å². The van der Waals surface area contributed by atoms with Gasteiger partial charge in [-0.2, -0.15) is 0 Å². The number of carbonyl (C=O) groups excluding carboxylic acids is 2. The van der Waals surface area contributed by atoms with E-state index in [9.17, 15) is 9.59 Å². The van der Waals surface area contributed by atoms with E-state index in [0.29, 0.717) is 11.4 Å². The van der Waals surface area contributed by atoms with E-state index in [2.05, 4.69) is 16.0 Å². The van der Waals surface area contributed by atoms with Crippen LogP contribution in [-0.2, 0) is 9.59 Å². The fourth-order valence-electron chi connectivity index (χ4n) is 2.57. The standard InChI is InChI=1S/C19H21N3O3/c1-11-6-4-5-7-15(11)21-18(23)12(2)20-14-8-9-17-16(10-14)22-19(24)13(3)25-17/h4-10,12-13,20H,1-3H3,(H,21,23)(H,22,24). The van der Waals surface area contributed by atoms with Crippen LogP contribution in [0.25, 0.3) is 0 Å². The van der Waals surface area contributed by atoms with Crippen LogP contribution in [0.15, 0.2) is 42.5 Å². The number of aryl methyl sites for hydroxylation is 1. The first-order valence-corrected chi connectivity index (χ1v) is 8.18. The second-order valence-electron chi connectivity index (χ2n) is 6.13. The molecule has 25 heavy (non-hydrogen) atoms. The number of anilines is 3. The summed E-state index contributed by atoms with van der Waals surface area (Å²) in [6.45, 7) is 5.42. The predicted octanol–water partition coefficient (Wildman–Crippen LogP) is 3.15. The number of fused-ring (bicyclic) bond motifs is 1.